The van der Waals surface area contributed by atoms with E-state index >= 15 is 0 Å². The Morgan fingerprint density at radius 2 is 1.50 bits per heavy atom. The first-order valence-electron chi connectivity index (χ1n) is 11.1. The highest BCUT2D eigenvalue weighted by atomic mass is 32.2. The van der Waals surface area contributed by atoms with Crippen LogP contribution in [0.4, 0.5) is 5.69 Å². The Morgan fingerprint density at radius 3 is 2.12 bits per heavy atom. The predicted molar refractivity (Wildman–Crippen MR) is 136 cm³/mol. The number of nitrogens with zero attached hydrogens (tertiary/aromatic N) is 1. The quantitative estimate of drug-likeness (QED) is 0.492. The van der Waals surface area contributed by atoms with Gasteiger partial charge in [-0.25, -0.2) is 8.42 Å². The molecule has 0 fully saturated rings. The number of benzene rings is 3. The topological polar surface area (TPSA) is 75.7 Å². The molecule has 180 valence electrons. The van der Waals surface area contributed by atoms with Crippen molar-refractivity contribution in [3.05, 3.63) is 88.5 Å². The summed E-state index contributed by atoms with van der Waals surface area (Å²) in [6, 6.07) is 17.4. The van der Waals surface area contributed by atoms with Crippen LogP contribution in [0.25, 0.3) is 0 Å². The maximum Gasteiger partial charge on any atom is 0.264 e. The molecule has 0 aliphatic rings. The number of ether oxygens (including phenoxy) is 1. The van der Waals surface area contributed by atoms with Crippen molar-refractivity contribution in [2.24, 2.45) is 0 Å². The Kier molecular flexibility index (Phi) is 7.67. The SMILES string of the molecule is Cc1ccc(S(=O)(=O)N(C)c2ccc(OCC(=O)N[C@@H](C)c3cc(C)c(C)cc3C)cc2)cc1. The molecule has 7 heteroatoms. The number of carbonyl (C=O) groups is 1. The van der Waals surface area contributed by atoms with Crippen LogP contribution in [0.5, 0.6) is 5.75 Å². The van der Waals surface area contributed by atoms with Gasteiger partial charge >= 0.3 is 0 Å². The van der Waals surface area contributed by atoms with E-state index in [-0.39, 0.29) is 23.5 Å². The maximum atomic E-state index is 12.9. The molecule has 34 heavy (non-hydrogen) atoms. The van der Waals surface area contributed by atoms with E-state index in [0.29, 0.717) is 11.4 Å². The third kappa shape index (κ3) is 5.78. The lowest BCUT2D eigenvalue weighted by atomic mass is 9.96. The summed E-state index contributed by atoms with van der Waals surface area (Å²) in [4.78, 5) is 12.7. The smallest absolute Gasteiger partial charge is 0.264 e. The molecule has 1 atom stereocenters. The summed E-state index contributed by atoms with van der Waals surface area (Å²) in [5.41, 5.74) is 6.12. The molecule has 0 unspecified atom stereocenters. The van der Waals surface area contributed by atoms with Crippen LogP contribution in [-0.2, 0) is 14.8 Å². The largest absolute Gasteiger partial charge is 0.484 e. The fourth-order valence-corrected chi connectivity index (χ4v) is 4.91. The van der Waals surface area contributed by atoms with Gasteiger partial charge in [0.05, 0.1) is 16.6 Å². The number of sulfonamides is 1. The van der Waals surface area contributed by atoms with Crippen LogP contribution >= 0.6 is 0 Å². The normalized spacial score (nSPS) is 12.2. The van der Waals surface area contributed by atoms with Gasteiger partial charge in [-0.3, -0.25) is 9.10 Å². The molecule has 0 radical (unpaired) electrons. The average Bonchev–Trinajstić information content (AvgIpc) is 2.80. The van der Waals surface area contributed by atoms with Crippen molar-refractivity contribution in [3.63, 3.8) is 0 Å². The molecule has 0 saturated carbocycles. The summed E-state index contributed by atoms with van der Waals surface area (Å²) in [5.74, 6) is 0.253. The Hall–Kier alpha value is -3.32. The van der Waals surface area contributed by atoms with Crippen molar-refractivity contribution in [2.75, 3.05) is 18.0 Å². The molecule has 0 saturated heterocycles. The molecule has 0 bridgehead atoms. The number of rotatable bonds is 8. The van der Waals surface area contributed by atoms with E-state index in [0.717, 1.165) is 16.7 Å². The van der Waals surface area contributed by atoms with Crippen LogP contribution in [0, 0.1) is 27.7 Å². The lowest BCUT2D eigenvalue weighted by Gasteiger charge is -2.20. The Morgan fingerprint density at radius 1 is 0.912 bits per heavy atom. The Balaban J connectivity index is 1.60. The van der Waals surface area contributed by atoms with Crippen molar-refractivity contribution < 1.29 is 17.9 Å². The predicted octanol–water partition coefficient (Wildman–Crippen LogP) is 5.00. The van der Waals surface area contributed by atoms with Gasteiger partial charge in [-0.2, -0.15) is 0 Å². The van der Waals surface area contributed by atoms with Crippen molar-refractivity contribution in [3.8, 4) is 5.75 Å². The monoisotopic (exact) mass is 480 g/mol. The van der Waals surface area contributed by atoms with E-state index < -0.39 is 10.0 Å². The maximum absolute atomic E-state index is 12.9. The molecule has 1 amide bonds. The summed E-state index contributed by atoms with van der Waals surface area (Å²) >= 11 is 0. The second kappa shape index (κ2) is 10.3. The molecule has 3 rings (SSSR count). The van der Waals surface area contributed by atoms with Crippen molar-refractivity contribution >= 4 is 21.6 Å². The molecule has 6 nitrogen and oxygen atoms in total. The lowest BCUT2D eigenvalue weighted by Crippen LogP contribution is -2.31. The van der Waals surface area contributed by atoms with Crippen LogP contribution in [0.2, 0.25) is 0 Å². The van der Waals surface area contributed by atoms with Crippen LogP contribution < -0.4 is 14.4 Å². The van der Waals surface area contributed by atoms with E-state index in [1.54, 1.807) is 48.5 Å². The fourth-order valence-electron chi connectivity index (χ4n) is 3.72. The zero-order chi connectivity index (χ0) is 25.0. The van der Waals surface area contributed by atoms with Crippen LogP contribution in [0.15, 0.2) is 65.6 Å². The zero-order valence-electron chi connectivity index (χ0n) is 20.5. The Bertz CT molecular complexity index is 1270. The van der Waals surface area contributed by atoms with Crippen molar-refractivity contribution in [1.29, 1.82) is 0 Å². The summed E-state index contributed by atoms with van der Waals surface area (Å²) in [5, 5.41) is 2.97. The minimum atomic E-state index is -3.67. The second-order valence-corrected chi connectivity index (χ2v) is 10.6. The molecule has 3 aromatic carbocycles. The second-order valence-electron chi connectivity index (χ2n) is 8.65. The molecule has 1 N–H and O–H groups in total. The molecule has 0 aliphatic carbocycles. The number of hydrogen-bond acceptors (Lipinski definition) is 4. The number of aryl methyl sites for hydroxylation is 4. The molecular formula is C27H32N2O4S. The highest BCUT2D eigenvalue weighted by molar-refractivity contribution is 7.92. The van der Waals surface area contributed by atoms with Crippen LogP contribution in [0.3, 0.4) is 0 Å². The summed E-state index contributed by atoms with van der Waals surface area (Å²) < 4.78 is 32.6. The van der Waals surface area contributed by atoms with Crippen molar-refractivity contribution in [2.45, 2.75) is 45.6 Å². The van der Waals surface area contributed by atoms with Gasteiger partial charge in [0.1, 0.15) is 5.75 Å². The number of nitrogens with one attached hydrogen (secondary N) is 1. The average molecular weight is 481 g/mol. The lowest BCUT2D eigenvalue weighted by molar-refractivity contribution is -0.123. The number of anilines is 1. The number of amides is 1. The van der Waals surface area contributed by atoms with Crippen LogP contribution in [-0.4, -0.2) is 28.0 Å². The van der Waals surface area contributed by atoms with E-state index in [9.17, 15) is 13.2 Å². The van der Waals surface area contributed by atoms with E-state index in [4.69, 9.17) is 4.74 Å². The molecule has 0 heterocycles. The van der Waals surface area contributed by atoms with E-state index in [2.05, 4.69) is 31.3 Å². The third-order valence-corrected chi connectivity index (χ3v) is 7.78. The van der Waals surface area contributed by atoms with Gasteiger partial charge in [0, 0.05) is 7.05 Å². The van der Waals surface area contributed by atoms with Gasteiger partial charge in [0.15, 0.2) is 6.61 Å². The minimum Gasteiger partial charge on any atom is -0.484 e. The van der Waals surface area contributed by atoms with Gasteiger partial charge in [0.2, 0.25) is 0 Å². The van der Waals surface area contributed by atoms with Gasteiger partial charge in [-0.05, 0) is 93.3 Å². The number of hydrogen-bond donors (Lipinski definition) is 1. The summed E-state index contributed by atoms with van der Waals surface area (Å²) in [6.07, 6.45) is 0. The minimum absolute atomic E-state index is 0.134. The molecule has 0 spiro atoms. The molecular weight excluding hydrogens is 448 g/mol. The highest BCUT2D eigenvalue weighted by Crippen LogP contribution is 2.25. The molecule has 0 aromatic heterocycles. The van der Waals surface area contributed by atoms with Gasteiger partial charge in [-0.1, -0.05) is 29.8 Å². The molecule has 3 aromatic rings. The summed E-state index contributed by atoms with van der Waals surface area (Å²) in [6.45, 7) is 9.90. The highest BCUT2D eigenvalue weighted by Gasteiger charge is 2.21. The van der Waals surface area contributed by atoms with E-state index in [1.807, 2.05) is 20.8 Å². The van der Waals surface area contributed by atoms with Gasteiger partial charge < -0.3 is 10.1 Å². The van der Waals surface area contributed by atoms with Gasteiger partial charge in [-0.15, -0.1) is 0 Å². The Labute approximate surface area is 202 Å². The van der Waals surface area contributed by atoms with E-state index in [1.165, 1.54) is 22.5 Å². The zero-order valence-corrected chi connectivity index (χ0v) is 21.4. The van der Waals surface area contributed by atoms with Crippen molar-refractivity contribution in [1.82, 2.24) is 5.32 Å². The third-order valence-electron chi connectivity index (χ3n) is 5.98. The van der Waals surface area contributed by atoms with Crippen LogP contribution in [0.1, 0.15) is 40.8 Å². The first kappa shape index (κ1) is 25.3. The fraction of sp³-hybridized carbons (Fsp3) is 0.296. The first-order valence-corrected chi connectivity index (χ1v) is 12.6. The van der Waals surface area contributed by atoms with Gasteiger partial charge in [0.25, 0.3) is 15.9 Å². The standard InChI is InChI=1S/C27H32N2O4S/c1-18-7-13-25(14-8-18)34(31,32)29(6)23-9-11-24(12-10-23)33-17-27(30)28-22(5)26-16-20(3)19(2)15-21(26)4/h7-16,22H,17H2,1-6H3,(H,28,30)/t22-/m0/s1. The number of carbonyl (C=O) groups excluding carboxylic acids is 1. The summed E-state index contributed by atoms with van der Waals surface area (Å²) in [7, 11) is -2.16. The molecule has 0 aliphatic heterocycles. The first-order chi connectivity index (χ1) is 16.0.